The number of nitriles is 1. The van der Waals surface area contributed by atoms with Gasteiger partial charge in [0.25, 0.3) is 5.91 Å². The summed E-state index contributed by atoms with van der Waals surface area (Å²) >= 11 is 12.6. The van der Waals surface area contributed by atoms with E-state index in [1.165, 1.54) is 13.2 Å². The van der Waals surface area contributed by atoms with Gasteiger partial charge in [-0.1, -0.05) is 65.2 Å². The first-order valence-corrected chi connectivity index (χ1v) is 10.8. The molecule has 0 fully saturated rings. The van der Waals surface area contributed by atoms with Crippen molar-refractivity contribution in [1.29, 1.82) is 5.26 Å². The molecule has 5 nitrogen and oxygen atoms in total. The minimum atomic E-state index is -0.580. The van der Waals surface area contributed by atoms with Crippen LogP contribution in [0.2, 0.25) is 10.0 Å². The maximum atomic E-state index is 12.7. The number of nitrogens with one attached hydrogen (secondary N) is 1. The second-order valence-corrected chi connectivity index (χ2v) is 8.18. The summed E-state index contributed by atoms with van der Waals surface area (Å²) in [5.74, 6) is 0.190. The van der Waals surface area contributed by atoms with Gasteiger partial charge in [0.15, 0.2) is 11.5 Å². The number of hydrogen-bond acceptors (Lipinski definition) is 4. The van der Waals surface area contributed by atoms with Gasteiger partial charge in [-0.2, -0.15) is 5.26 Å². The molecule has 3 aromatic carbocycles. The second-order valence-electron chi connectivity index (χ2n) is 7.36. The molecule has 0 spiro atoms. The van der Waals surface area contributed by atoms with Crippen LogP contribution in [0.5, 0.6) is 11.5 Å². The molecule has 0 saturated carbocycles. The summed E-state index contributed by atoms with van der Waals surface area (Å²) in [6.07, 6.45) is 1.43. The zero-order valence-electron chi connectivity index (χ0n) is 18.4. The molecule has 1 amide bonds. The van der Waals surface area contributed by atoms with Crippen LogP contribution in [0.15, 0.2) is 60.2 Å². The number of nitrogens with zero attached hydrogens (tertiary/aromatic N) is 1. The third-order valence-corrected chi connectivity index (χ3v) is 5.49. The average molecular weight is 481 g/mol. The van der Waals surface area contributed by atoms with Gasteiger partial charge in [0.2, 0.25) is 0 Å². The molecule has 0 aliphatic heterocycles. The lowest BCUT2D eigenvalue weighted by atomic mass is 10.1. The van der Waals surface area contributed by atoms with E-state index < -0.39 is 5.91 Å². The van der Waals surface area contributed by atoms with Crippen molar-refractivity contribution in [1.82, 2.24) is 0 Å². The summed E-state index contributed by atoms with van der Waals surface area (Å²) in [7, 11) is 1.50. The minimum Gasteiger partial charge on any atom is -0.493 e. The van der Waals surface area contributed by atoms with Crippen LogP contribution in [0.3, 0.4) is 0 Å². The van der Waals surface area contributed by atoms with Crippen molar-refractivity contribution in [2.45, 2.75) is 20.5 Å². The molecule has 0 bridgehead atoms. The second kappa shape index (κ2) is 10.9. The lowest BCUT2D eigenvalue weighted by Gasteiger charge is -2.14. The number of amides is 1. The van der Waals surface area contributed by atoms with E-state index in [2.05, 4.69) is 5.32 Å². The number of halogens is 2. The molecule has 3 rings (SSSR count). The van der Waals surface area contributed by atoms with Crippen molar-refractivity contribution in [2.75, 3.05) is 12.4 Å². The van der Waals surface area contributed by atoms with Gasteiger partial charge in [0, 0.05) is 0 Å². The van der Waals surface area contributed by atoms with Crippen LogP contribution < -0.4 is 14.8 Å². The monoisotopic (exact) mass is 480 g/mol. The first-order valence-electron chi connectivity index (χ1n) is 10.1. The fraction of sp³-hybridized carbons (Fsp3) is 0.154. The van der Waals surface area contributed by atoms with Crippen molar-refractivity contribution in [3.05, 3.63) is 92.5 Å². The Bertz CT molecular complexity index is 1230. The molecule has 0 aliphatic rings. The topological polar surface area (TPSA) is 71.3 Å². The SMILES string of the molecule is COc1cc(/C=C(\C#N)C(=O)Nc2c(C)cccc2Cl)cc(Cl)c1OCc1ccc(C)cc1. The summed E-state index contributed by atoms with van der Waals surface area (Å²) in [4.78, 5) is 12.7. The predicted molar refractivity (Wildman–Crippen MR) is 132 cm³/mol. The molecular formula is C26H22Cl2N2O3. The number of para-hydroxylation sites is 1. The maximum Gasteiger partial charge on any atom is 0.266 e. The molecule has 3 aromatic rings. The minimum absolute atomic E-state index is 0.110. The normalized spacial score (nSPS) is 11.0. The van der Waals surface area contributed by atoms with E-state index in [1.54, 1.807) is 24.3 Å². The van der Waals surface area contributed by atoms with E-state index in [0.29, 0.717) is 39.4 Å². The molecular weight excluding hydrogens is 459 g/mol. The van der Waals surface area contributed by atoms with E-state index >= 15 is 0 Å². The number of ether oxygens (including phenoxy) is 2. The van der Waals surface area contributed by atoms with Crippen molar-refractivity contribution in [2.24, 2.45) is 0 Å². The number of carbonyl (C=O) groups excluding carboxylic acids is 1. The van der Waals surface area contributed by atoms with Gasteiger partial charge in [-0.25, -0.2) is 0 Å². The molecule has 168 valence electrons. The van der Waals surface area contributed by atoms with Gasteiger partial charge in [-0.3, -0.25) is 4.79 Å². The van der Waals surface area contributed by atoms with Crippen molar-refractivity contribution in [3.63, 3.8) is 0 Å². The smallest absolute Gasteiger partial charge is 0.266 e. The molecule has 0 heterocycles. The van der Waals surface area contributed by atoms with Gasteiger partial charge >= 0.3 is 0 Å². The quantitative estimate of drug-likeness (QED) is 0.300. The first kappa shape index (κ1) is 24.2. The fourth-order valence-corrected chi connectivity index (χ4v) is 3.63. The number of anilines is 1. The van der Waals surface area contributed by atoms with Crippen LogP contribution >= 0.6 is 23.2 Å². The number of methoxy groups -OCH3 is 1. The highest BCUT2D eigenvalue weighted by molar-refractivity contribution is 6.34. The Morgan fingerprint density at radius 2 is 1.82 bits per heavy atom. The Kier molecular flexibility index (Phi) is 8.00. The number of benzene rings is 3. The maximum absolute atomic E-state index is 12.7. The Labute approximate surface area is 203 Å². The lowest BCUT2D eigenvalue weighted by molar-refractivity contribution is -0.112. The third kappa shape index (κ3) is 6.07. The zero-order chi connectivity index (χ0) is 24.0. The summed E-state index contributed by atoms with van der Waals surface area (Å²) in [5, 5.41) is 12.9. The molecule has 1 N–H and O–H groups in total. The van der Waals surface area contributed by atoms with Gasteiger partial charge in [0.05, 0.1) is 22.8 Å². The Morgan fingerprint density at radius 3 is 2.45 bits per heavy atom. The van der Waals surface area contributed by atoms with Crippen LogP contribution in [-0.2, 0) is 11.4 Å². The molecule has 0 unspecified atom stereocenters. The molecule has 33 heavy (non-hydrogen) atoms. The van der Waals surface area contributed by atoms with Gasteiger partial charge in [-0.15, -0.1) is 0 Å². The highest BCUT2D eigenvalue weighted by Crippen LogP contribution is 2.37. The third-order valence-electron chi connectivity index (χ3n) is 4.89. The van der Waals surface area contributed by atoms with E-state index in [4.69, 9.17) is 32.7 Å². The molecule has 0 atom stereocenters. The average Bonchev–Trinajstić information content (AvgIpc) is 2.79. The standard InChI is InChI=1S/C26H22Cl2N2O3/c1-16-7-9-18(10-8-16)15-33-25-22(28)12-19(13-23(25)32-3)11-20(14-29)26(31)30-24-17(2)5-4-6-21(24)27/h4-13H,15H2,1-3H3,(H,30,31)/b20-11+. The summed E-state index contributed by atoms with van der Waals surface area (Å²) in [5.41, 5.74) is 3.80. The van der Waals surface area contributed by atoms with Crippen LogP contribution in [0, 0.1) is 25.2 Å². The number of carbonyl (C=O) groups is 1. The van der Waals surface area contributed by atoms with Crippen molar-refractivity contribution in [3.8, 4) is 17.6 Å². The van der Waals surface area contributed by atoms with E-state index in [0.717, 1.165) is 16.7 Å². The molecule has 0 saturated heterocycles. The summed E-state index contributed by atoms with van der Waals surface area (Å²) in [6, 6.07) is 18.4. The highest BCUT2D eigenvalue weighted by atomic mass is 35.5. The molecule has 0 radical (unpaired) electrons. The van der Waals surface area contributed by atoms with E-state index in [-0.39, 0.29) is 5.57 Å². The Morgan fingerprint density at radius 1 is 1.09 bits per heavy atom. The summed E-state index contributed by atoms with van der Waals surface area (Å²) < 4.78 is 11.3. The van der Waals surface area contributed by atoms with E-state index in [9.17, 15) is 10.1 Å². The first-order chi connectivity index (χ1) is 15.8. The number of rotatable bonds is 7. The molecule has 0 aliphatic carbocycles. The van der Waals surface area contributed by atoms with Crippen molar-refractivity contribution >= 4 is 40.9 Å². The Balaban J connectivity index is 1.84. The van der Waals surface area contributed by atoms with Crippen LogP contribution in [0.4, 0.5) is 5.69 Å². The van der Waals surface area contributed by atoms with E-state index in [1.807, 2.05) is 50.2 Å². The molecule has 0 aromatic heterocycles. The lowest BCUT2D eigenvalue weighted by Crippen LogP contribution is -2.14. The summed E-state index contributed by atoms with van der Waals surface area (Å²) in [6.45, 7) is 4.15. The predicted octanol–water partition coefficient (Wildman–Crippen LogP) is 6.74. The number of hydrogen-bond donors (Lipinski definition) is 1. The fourth-order valence-electron chi connectivity index (χ4n) is 3.09. The van der Waals surface area contributed by atoms with Gasteiger partial charge in [0.1, 0.15) is 18.2 Å². The molecule has 7 heteroatoms. The van der Waals surface area contributed by atoms with Crippen molar-refractivity contribution < 1.29 is 14.3 Å². The van der Waals surface area contributed by atoms with Crippen LogP contribution in [0.1, 0.15) is 22.3 Å². The van der Waals surface area contributed by atoms with Gasteiger partial charge in [-0.05, 0) is 54.8 Å². The van der Waals surface area contributed by atoms with Gasteiger partial charge < -0.3 is 14.8 Å². The highest BCUT2D eigenvalue weighted by Gasteiger charge is 2.16. The number of aryl methyl sites for hydroxylation is 2. The largest absolute Gasteiger partial charge is 0.493 e. The Hall–Kier alpha value is -3.46. The van der Waals surface area contributed by atoms with Crippen LogP contribution in [0.25, 0.3) is 6.08 Å². The zero-order valence-corrected chi connectivity index (χ0v) is 19.9. The van der Waals surface area contributed by atoms with Crippen LogP contribution in [-0.4, -0.2) is 13.0 Å².